The van der Waals surface area contributed by atoms with Gasteiger partial charge in [-0.05, 0) is 19.8 Å². The first-order chi connectivity index (χ1) is 4.88. The second kappa shape index (κ2) is 1.94. The molecule has 1 aromatic rings. The van der Waals surface area contributed by atoms with Crippen molar-refractivity contribution in [1.29, 1.82) is 0 Å². The molecule has 1 N–H and O–H groups in total. The van der Waals surface area contributed by atoms with Crippen LogP contribution >= 0.6 is 0 Å². The molecule has 0 aromatic carbocycles. The molecule has 2 heterocycles. The number of nitrogens with zero attached hydrogens (tertiary/aromatic N) is 2. The monoisotopic (exact) mass is 135 g/mol. The van der Waals surface area contributed by atoms with E-state index in [-0.39, 0.29) is 0 Å². The van der Waals surface area contributed by atoms with Gasteiger partial charge in [-0.3, -0.25) is 5.10 Å². The van der Waals surface area contributed by atoms with Gasteiger partial charge in [0.05, 0.1) is 5.69 Å². The van der Waals surface area contributed by atoms with Gasteiger partial charge in [0.15, 0.2) is 5.82 Å². The van der Waals surface area contributed by atoms with Gasteiger partial charge in [-0.2, -0.15) is 5.10 Å². The molecular formula is C7H9N3. The molecule has 3 nitrogen and oxygen atoms in total. The lowest BCUT2D eigenvalue weighted by molar-refractivity contribution is 1.01. The quantitative estimate of drug-likeness (QED) is 0.573. The molecule has 0 saturated carbocycles. The number of fused-ring (bicyclic) bond motifs is 1. The number of aryl methyl sites for hydroxylation is 1. The maximum Gasteiger partial charge on any atom is 0.150 e. The third-order valence-corrected chi connectivity index (χ3v) is 1.80. The van der Waals surface area contributed by atoms with Gasteiger partial charge >= 0.3 is 0 Å². The standard InChI is InChI=1S/C7H9N3/c1-5-6-3-2-4-8-7(6)10-9-5/h4H,2-3H2,1H3,(H,9,10). The van der Waals surface area contributed by atoms with E-state index in [1.807, 2.05) is 13.1 Å². The number of aliphatic imine (C=N–C) groups is 1. The average Bonchev–Trinajstić information content (AvgIpc) is 2.34. The van der Waals surface area contributed by atoms with Crippen molar-refractivity contribution in [2.24, 2.45) is 4.99 Å². The van der Waals surface area contributed by atoms with Gasteiger partial charge in [0.2, 0.25) is 0 Å². The van der Waals surface area contributed by atoms with Crippen LogP contribution in [0.15, 0.2) is 4.99 Å². The lowest BCUT2D eigenvalue weighted by atomic mass is 10.1. The molecule has 0 unspecified atom stereocenters. The third kappa shape index (κ3) is 0.667. The molecule has 0 amide bonds. The molecule has 0 fully saturated rings. The van der Waals surface area contributed by atoms with Crippen LogP contribution in [0.1, 0.15) is 17.7 Å². The zero-order valence-corrected chi connectivity index (χ0v) is 5.89. The SMILES string of the molecule is Cc1n[nH]c2c1CCC=N2. The van der Waals surface area contributed by atoms with Crippen molar-refractivity contribution >= 4 is 12.0 Å². The number of hydrogen-bond donors (Lipinski definition) is 1. The Labute approximate surface area is 59.2 Å². The summed E-state index contributed by atoms with van der Waals surface area (Å²) >= 11 is 0. The molecule has 0 bridgehead atoms. The van der Waals surface area contributed by atoms with Crippen molar-refractivity contribution in [3.63, 3.8) is 0 Å². The summed E-state index contributed by atoms with van der Waals surface area (Å²) < 4.78 is 0. The van der Waals surface area contributed by atoms with Gasteiger partial charge < -0.3 is 0 Å². The van der Waals surface area contributed by atoms with Crippen LogP contribution in [0.25, 0.3) is 0 Å². The number of hydrogen-bond acceptors (Lipinski definition) is 2. The van der Waals surface area contributed by atoms with Crippen LogP contribution in [-0.4, -0.2) is 16.4 Å². The van der Waals surface area contributed by atoms with Crippen LogP contribution in [0, 0.1) is 6.92 Å². The van der Waals surface area contributed by atoms with E-state index in [1.165, 1.54) is 5.56 Å². The summed E-state index contributed by atoms with van der Waals surface area (Å²) in [5, 5.41) is 6.94. The summed E-state index contributed by atoms with van der Waals surface area (Å²) in [6, 6.07) is 0. The van der Waals surface area contributed by atoms with Crippen LogP contribution in [-0.2, 0) is 6.42 Å². The lowest BCUT2D eigenvalue weighted by Crippen LogP contribution is -1.92. The first-order valence-electron chi connectivity index (χ1n) is 3.44. The Hall–Kier alpha value is -1.12. The highest BCUT2D eigenvalue weighted by Gasteiger charge is 2.10. The van der Waals surface area contributed by atoms with Gasteiger partial charge in [-0.25, -0.2) is 4.99 Å². The van der Waals surface area contributed by atoms with Gasteiger partial charge in [0, 0.05) is 11.8 Å². The fourth-order valence-electron chi connectivity index (χ4n) is 1.21. The predicted molar refractivity (Wildman–Crippen MR) is 39.8 cm³/mol. The molecule has 0 atom stereocenters. The van der Waals surface area contributed by atoms with Crippen molar-refractivity contribution < 1.29 is 0 Å². The summed E-state index contributed by atoms with van der Waals surface area (Å²) in [5.74, 6) is 0.948. The maximum atomic E-state index is 4.17. The fourth-order valence-corrected chi connectivity index (χ4v) is 1.21. The minimum absolute atomic E-state index is 0.948. The Morgan fingerprint density at radius 3 is 3.30 bits per heavy atom. The third-order valence-electron chi connectivity index (χ3n) is 1.80. The van der Waals surface area contributed by atoms with Gasteiger partial charge in [0.1, 0.15) is 0 Å². The minimum atomic E-state index is 0.948. The maximum absolute atomic E-state index is 4.17. The predicted octanol–water partition coefficient (Wildman–Crippen LogP) is 1.37. The second-order valence-corrected chi connectivity index (χ2v) is 2.49. The van der Waals surface area contributed by atoms with Gasteiger partial charge in [0.25, 0.3) is 0 Å². The number of aromatic nitrogens is 2. The number of rotatable bonds is 0. The van der Waals surface area contributed by atoms with E-state index in [2.05, 4.69) is 15.2 Å². The van der Waals surface area contributed by atoms with Gasteiger partial charge in [-0.1, -0.05) is 0 Å². The first kappa shape index (κ1) is 5.65. The van der Waals surface area contributed by atoms with E-state index in [4.69, 9.17) is 0 Å². The van der Waals surface area contributed by atoms with E-state index >= 15 is 0 Å². The summed E-state index contributed by atoms with van der Waals surface area (Å²) in [4.78, 5) is 4.17. The van der Waals surface area contributed by atoms with Crippen LogP contribution in [0.4, 0.5) is 5.82 Å². The van der Waals surface area contributed by atoms with Crippen LogP contribution in [0.5, 0.6) is 0 Å². The van der Waals surface area contributed by atoms with Crippen molar-refractivity contribution in [2.75, 3.05) is 0 Å². The largest absolute Gasteiger partial charge is 0.261 e. The number of nitrogens with one attached hydrogen (secondary N) is 1. The fraction of sp³-hybridized carbons (Fsp3) is 0.429. The molecule has 10 heavy (non-hydrogen) atoms. The molecule has 0 saturated heterocycles. The number of aromatic amines is 1. The minimum Gasteiger partial charge on any atom is -0.261 e. The van der Waals surface area contributed by atoms with Crippen LogP contribution in [0.3, 0.4) is 0 Å². The van der Waals surface area contributed by atoms with E-state index < -0.39 is 0 Å². The van der Waals surface area contributed by atoms with E-state index in [0.717, 1.165) is 24.4 Å². The van der Waals surface area contributed by atoms with E-state index in [9.17, 15) is 0 Å². The summed E-state index contributed by atoms with van der Waals surface area (Å²) in [7, 11) is 0. The Morgan fingerprint density at radius 1 is 1.60 bits per heavy atom. The highest BCUT2D eigenvalue weighted by atomic mass is 15.2. The van der Waals surface area contributed by atoms with Crippen molar-refractivity contribution in [2.45, 2.75) is 19.8 Å². The number of H-pyrrole nitrogens is 1. The molecule has 0 spiro atoms. The van der Waals surface area contributed by atoms with Crippen molar-refractivity contribution in [1.82, 2.24) is 10.2 Å². The first-order valence-corrected chi connectivity index (χ1v) is 3.44. The molecule has 1 aliphatic rings. The Kier molecular flexibility index (Phi) is 1.09. The summed E-state index contributed by atoms with van der Waals surface area (Å²) in [6.45, 7) is 2.01. The molecule has 1 aliphatic heterocycles. The van der Waals surface area contributed by atoms with Crippen LogP contribution < -0.4 is 0 Å². The molecule has 2 rings (SSSR count). The Balaban J connectivity index is 2.57. The average molecular weight is 135 g/mol. The molecule has 0 aliphatic carbocycles. The smallest absolute Gasteiger partial charge is 0.150 e. The zero-order chi connectivity index (χ0) is 6.97. The van der Waals surface area contributed by atoms with Crippen LogP contribution in [0.2, 0.25) is 0 Å². The highest BCUT2D eigenvalue weighted by Crippen LogP contribution is 2.22. The topological polar surface area (TPSA) is 41.0 Å². The molecule has 1 aromatic heterocycles. The molecule has 3 heteroatoms. The summed E-state index contributed by atoms with van der Waals surface area (Å²) in [5.41, 5.74) is 2.37. The Morgan fingerprint density at radius 2 is 2.50 bits per heavy atom. The second-order valence-electron chi connectivity index (χ2n) is 2.49. The lowest BCUT2D eigenvalue weighted by Gasteiger charge is -2.01. The zero-order valence-electron chi connectivity index (χ0n) is 5.89. The highest BCUT2D eigenvalue weighted by molar-refractivity contribution is 5.67. The Bertz CT molecular complexity index is 272. The molecule has 52 valence electrons. The van der Waals surface area contributed by atoms with E-state index in [0.29, 0.717) is 0 Å². The molecule has 0 radical (unpaired) electrons. The summed E-state index contributed by atoms with van der Waals surface area (Å²) in [6.07, 6.45) is 4.06. The van der Waals surface area contributed by atoms with E-state index in [1.54, 1.807) is 0 Å². The molecular weight excluding hydrogens is 126 g/mol. The van der Waals surface area contributed by atoms with Crippen molar-refractivity contribution in [3.05, 3.63) is 11.3 Å². The van der Waals surface area contributed by atoms with Gasteiger partial charge in [-0.15, -0.1) is 0 Å². The van der Waals surface area contributed by atoms with Crippen molar-refractivity contribution in [3.8, 4) is 0 Å². The normalized spacial score (nSPS) is 15.3.